The van der Waals surface area contributed by atoms with Crippen molar-refractivity contribution in [3.05, 3.63) is 74.8 Å². The fourth-order valence-corrected chi connectivity index (χ4v) is 6.97. The molecule has 0 spiro atoms. The summed E-state index contributed by atoms with van der Waals surface area (Å²) in [7, 11) is 1.75. The lowest BCUT2D eigenvalue weighted by Crippen LogP contribution is -2.50. The fraction of sp³-hybridized carbons (Fsp3) is 0.323. The normalized spacial score (nSPS) is 13.7. The second-order valence-electron chi connectivity index (χ2n) is 11.3. The number of carbonyl (C=O) groups is 2. The van der Waals surface area contributed by atoms with Crippen LogP contribution in [0.2, 0.25) is 5.02 Å². The minimum Gasteiger partial charge on any atom is -0.504 e. The number of nitrogens with one attached hydrogen (secondary N) is 1. The van der Waals surface area contributed by atoms with Gasteiger partial charge in [0, 0.05) is 50.7 Å². The second kappa shape index (κ2) is 13.1. The van der Waals surface area contributed by atoms with Crippen LogP contribution in [0, 0.1) is 6.92 Å². The molecular formula is C31H29ClF3N9O4S. The molecule has 0 bridgehead atoms. The Balaban J connectivity index is 1.36. The van der Waals surface area contributed by atoms with Gasteiger partial charge in [-0.25, -0.2) is 15.0 Å². The second-order valence-corrected chi connectivity index (χ2v) is 12.7. The van der Waals surface area contributed by atoms with Crippen molar-refractivity contribution in [1.29, 1.82) is 0 Å². The summed E-state index contributed by atoms with van der Waals surface area (Å²) in [6, 6.07) is 2.66. The molecule has 0 atom stereocenters. The molecule has 49 heavy (non-hydrogen) atoms. The van der Waals surface area contributed by atoms with Gasteiger partial charge in [-0.05, 0) is 31.5 Å². The van der Waals surface area contributed by atoms with Crippen molar-refractivity contribution in [3.8, 4) is 16.3 Å². The Morgan fingerprint density at radius 3 is 2.51 bits per heavy atom. The number of halogens is 4. The summed E-state index contributed by atoms with van der Waals surface area (Å²) in [4.78, 5) is 57.2. The van der Waals surface area contributed by atoms with Gasteiger partial charge in [0.2, 0.25) is 11.3 Å². The molecule has 18 heteroatoms. The first-order chi connectivity index (χ1) is 23.3. The van der Waals surface area contributed by atoms with Gasteiger partial charge in [0.1, 0.15) is 33.9 Å². The maximum Gasteiger partial charge on any atom is 0.416 e. The Kier molecular flexibility index (Phi) is 9.06. The van der Waals surface area contributed by atoms with Gasteiger partial charge in [-0.2, -0.15) is 18.3 Å². The molecule has 1 saturated heterocycles. The molecule has 5 heterocycles. The van der Waals surface area contributed by atoms with Crippen molar-refractivity contribution in [3.63, 3.8) is 0 Å². The van der Waals surface area contributed by atoms with Crippen LogP contribution >= 0.6 is 22.9 Å². The van der Waals surface area contributed by atoms with Gasteiger partial charge in [0.25, 0.3) is 5.91 Å². The number of fused-ring (bicyclic) bond motifs is 1. The maximum atomic E-state index is 14.2. The van der Waals surface area contributed by atoms with Crippen LogP contribution < -0.4 is 15.6 Å². The number of nitrogens with zero attached hydrogens (tertiary/aromatic N) is 8. The number of pyridine rings is 1. The van der Waals surface area contributed by atoms with Crippen molar-refractivity contribution in [2.45, 2.75) is 33.0 Å². The van der Waals surface area contributed by atoms with Crippen LogP contribution in [0.15, 0.2) is 41.7 Å². The smallest absolute Gasteiger partial charge is 0.416 e. The molecule has 1 aromatic carbocycles. The molecule has 1 aliphatic rings. The van der Waals surface area contributed by atoms with E-state index in [1.54, 1.807) is 35.6 Å². The number of alkyl halides is 3. The topological polar surface area (TPSA) is 151 Å². The molecule has 5 aromatic rings. The SMILES string of the molecule is CCc1c(N2CCN(C(=O)c3ncnc(C)c3O)CC2)c(=O)c2nc(-c3cnn(C)c3)sc2n1CC(=O)Nc1ccc(C(F)(F)F)cc1Cl. The molecule has 0 saturated carbocycles. The minimum absolute atomic E-state index is 0.00119. The highest BCUT2D eigenvalue weighted by Gasteiger charge is 2.32. The van der Waals surface area contributed by atoms with Gasteiger partial charge >= 0.3 is 6.18 Å². The molecule has 0 aliphatic carbocycles. The largest absolute Gasteiger partial charge is 0.504 e. The Hall–Kier alpha value is -5.03. The number of hydrogen-bond acceptors (Lipinski definition) is 10. The predicted molar refractivity (Wildman–Crippen MR) is 177 cm³/mol. The van der Waals surface area contributed by atoms with E-state index in [9.17, 15) is 32.7 Å². The van der Waals surface area contributed by atoms with Gasteiger partial charge in [-0.15, -0.1) is 0 Å². The molecule has 6 rings (SSSR count). The molecule has 4 aromatic heterocycles. The summed E-state index contributed by atoms with van der Waals surface area (Å²) in [6.07, 6.45) is 0.302. The van der Waals surface area contributed by atoms with Crippen molar-refractivity contribution in [1.82, 2.24) is 34.2 Å². The Labute approximate surface area is 285 Å². The van der Waals surface area contributed by atoms with Crippen LogP contribution in [-0.2, 0) is 31.0 Å². The number of anilines is 2. The van der Waals surface area contributed by atoms with E-state index in [0.717, 1.165) is 18.2 Å². The zero-order valence-corrected chi connectivity index (χ0v) is 27.9. The van der Waals surface area contributed by atoms with Crippen LogP contribution in [0.5, 0.6) is 5.75 Å². The van der Waals surface area contributed by atoms with E-state index < -0.39 is 23.6 Å². The van der Waals surface area contributed by atoms with E-state index >= 15 is 0 Å². The van der Waals surface area contributed by atoms with Crippen molar-refractivity contribution < 1.29 is 27.9 Å². The minimum atomic E-state index is -4.60. The van der Waals surface area contributed by atoms with Gasteiger partial charge in [0.05, 0.1) is 28.2 Å². The van der Waals surface area contributed by atoms with Gasteiger partial charge in [0.15, 0.2) is 11.4 Å². The number of thiazole rings is 1. The van der Waals surface area contributed by atoms with Crippen LogP contribution in [0.4, 0.5) is 24.5 Å². The number of rotatable bonds is 7. The van der Waals surface area contributed by atoms with Crippen molar-refractivity contribution >= 4 is 56.5 Å². The van der Waals surface area contributed by atoms with E-state index in [-0.39, 0.29) is 71.5 Å². The van der Waals surface area contributed by atoms with E-state index in [4.69, 9.17) is 11.6 Å². The Morgan fingerprint density at radius 1 is 1.14 bits per heavy atom. The van der Waals surface area contributed by atoms with E-state index in [2.05, 4.69) is 25.4 Å². The number of piperazine rings is 1. The Morgan fingerprint density at radius 2 is 1.88 bits per heavy atom. The van der Waals surface area contributed by atoms with E-state index in [0.29, 0.717) is 33.2 Å². The number of carbonyl (C=O) groups excluding carboxylic acids is 2. The number of aromatic hydroxyl groups is 1. The van der Waals surface area contributed by atoms with Gasteiger partial charge in [-0.3, -0.25) is 19.1 Å². The quantitative estimate of drug-likeness (QED) is 0.248. The number of hydrogen-bond donors (Lipinski definition) is 2. The average Bonchev–Trinajstić information content (AvgIpc) is 3.71. The van der Waals surface area contributed by atoms with Crippen LogP contribution in [0.25, 0.3) is 20.9 Å². The summed E-state index contributed by atoms with van der Waals surface area (Å²) in [5.41, 5.74) is 0.546. The monoisotopic (exact) mass is 715 g/mol. The van der Waals surface area contributed by atoms with Crippen molar-refractivity contribution in [2.75, 3.05) is 36.4 Å². The lowest BCUT2D eigenvalue weighted by Gasteiger charge is -2.37. The fourth-order valence-electron chi connectivity index (χ4n) is 5.68. The predicted octanol–water partition coefficient (Wildman–Crippen LogP) is 4.50. The highest BCUT2D eigenvalue weighted by Crippen LogP contribution is 2.35. The molecule has 256 valence electrons. The van der Waals surface area contributed by atoms with E-state index in [1.807, 2.05) is 11.8 Å². The third kappa shape index (κ3) is 6.55. The summed E-state index contributed by atoms with van der Waals surface area (Å²) in [6.45, 7) is 4.06. The van der Waals surface area contributed by atoms with E-state index in [1.165, 1.54) is 22.6 Å². The number of amides is 2. The lowest BCUT2D eigenvalue weighted by atomic mass is 10.1. The molecule has 2 N–H and O–H groups in total. The zero-order chi connectivity index (χ0) is 35.2. The van der Waals surface area contributed by atoms with Crippen LogP contribution in [0.3, 0.4) is 0 Å². The average molecular weight is 716 g/mol. The molecule has 0 unspecified atom stereocenters. The first-order valence-electron chi connectivity index (χ1n) is 15.0. The maximum absolute atomic E-state index is 14.2. The first kappa shape index (κ1) is 33.9. The standard InChI is InChI=1S/C31H29ClF3N9O4S/c1-4-21-25(42-7-9-43(10-8-42)29(48)23-26(46)16(2)36-15-37-23)27(47)24-30(49-28(40-24)17-12-38-41(3)13-17)44(21)14-22(45)39-20-6-5-18(11-19(20)32)31(33,34)35/h5-6,11-13,15,46H,4,7-10,14H2,1-3H3,(H,39,45). The molecule has 1 fully saturated rings. The number of aryl methyl sites for hydroxylation is 2. The lowest BCUT2D eigenvalue weighted by molar-refractivity contribution is -0.137. The van der Waals surface area contributed by atoms with Crippen molar-refractivity contribution in [2.24, 2.45) is 7.05 Å². The molecule has 0 radical (unpaired) electrons. The Bertz CT molecular complexity index is 2160. The van der Waals surface area contributed by atoms with Gasteiger partial charge < -0.3 is 24.8 Å². The third-order valence-corrected chi connectivity index (χ3v) is 9.57. The molecular weight excluding hydrogens is 687 g/mol. The summed E-state index contributed by atoms with van der Waals surface area (Å²) in [5, 5.41) is 17.4. The molecule has 13 nitrogen and oxygen atoms in total. The first-order valence-corrected chi connectivity index (χ1v) is 16.2. The highest BCUT2D eigenvalue weighted by atomic mass is 35.5. The zero-order valence-electron chi connectivity index (χ0n) is 26.4. The number of aromatic nitrogens is 6. The summed E-state index contributed by atoms with van der Waals surface area (Å²) >= 11 is 7.32. The summed E-state index contributed by atoms with van der Waals surface area (Å²) in [5.74, 6) is -1.34. The van der Waals surface area contributed by atoms with Crippen LogP contribution in [-0.4, -0.2) is 77.3 Å². The van der Waals surface area contributed by atoms with Crippen LogP contribution in [0.1, 0.15) is 34.4 Å². The third-order valence-electron chi connectivity index (χ3n) is 8.13. The number of benzene rings is 1. The molecule has 1 aliphatic heterocycles. The highest BCUT2D eigenvalue weighted by molar-refractivity contribution is 7.21. The van der Waals surface area contributed by atoms with Gasteiger partial charge in [-0.1, -0.05) is 29.9 Å². The summed E-state index contributed by atoms with van der Waals surface area (Å²) < 4.78 is 42.8. The molecule has 2 amide bonds.